The lowest BCUT2D eigenvalue weighted by Crippen LogP contribution is -2.25. The highest BCUT2D eigenvalue weighted by atomic mass is 15.5. The SMILES string of the molecule is CC(C)N=C(N)n1nnc2ccccc21. The van der Waals surface area contributed by atoms with Crippen molar-refractivity contribution in [2.75, 3.05) is 0 Å². The Labute approximate surface area is 87.6 Å². The maximum atomic E-state index is 5.82. The number of aliphatic imine (C=N–C) groups is 1. The van der Waals surface area contributed by atoms with Gasteiger partial charge in [0.15, 0.2) is 0 Å². The van der Waals surface area contributed by atoms with Gasteiger partial charge in [0.1, 0.15) is 5.52 Å². The van der Waals surface area contributed by atoms with Crippen LogP contribution in [-0.4, -0.2) is 27.0 Å². The Hall–Kier alpha value is -1.91. The minimum atomic E-state index is 0.146. The van der Waals surface area contributed by atoms with Crippen LogP contribution in [0.1, 0.15) is 13.8 Å². The third-order valence-electron chi connectivity index (χ3n) is 1.96. The lowest BCUT2D eigenvalue weighted by atomic mass is 10.3. The summed E-state index contributed by atoms with van der Waals surface area (Å²) in [6, 6.07) is 7.79. The third kappa shape index (κ3) is 1.81. The van der Waals surface area contributed by atoms with Gasteiger partial charge in [0.05, 0.1) is 5.52 Å². The number of aromatic nitrogens is 3. The van der Waals surface area contributed by atoms with E-state index in [4.69, 9.17) is 5.73 Å². The zero-order valence-corrected chi connectivity index (χ0v) is 8.75. The van der Waals surface area contributed by atoms with Gasteiger partial charge in [-0.2, -0.15) is 4.68 Å². The summed E-state index contributed by atoms with van der Waals surface area (Å²) in [6.07, 6.45) is 0. The zero-order chi connectivity index (χ0) is 10.8. The minimum Gasteiger partial charge on any atom is -0.368 e. The first-order valence-corrected chi connectivity index (χ1v) is 4.82. The number of para-hydroxylation sites is 1. The maximum Gasteiger partial charge on any atom is 0.218 e. The van der Waals surface area contributed by atoms with Gasteiger partial charge in [-0.25, -0.2) is 4.99 Å². The predicted octanol–water partition coefficient (Wildman–Crippen LogP) is 1.00. The molecule has 2 N–H and O–H groups in total. The molecule has 0 atom stereocenters. The van der Waals surface area contributed by atoms with E-state index in [1.807, 2.05) is 38.1 Å². The largest absolute Gasteiger partial charge is 0.368 e. The van der Waals surface area contributed by atoms with E-state index in [0.717, 1.165) is 11.0 Å². The van der Waals surface area contributed by atoms with Crippen molar-refractivity contribution in [1.82, 2.24) is 15.0 Å². The molecule has 0 amide bonds. The summed E-state index contributed by atoms with van der Waals surface area (Å²) in [6.45, 7) is 3.93. The second kappa shape index (κ2) is 3.68. The molecule has 0 spiro atoms. The van der Waals surface area contributed by atoms with E-state index < -0.39 is 0 Å². The topological polar surface area (TPSA) is 69.1 Å². The molecule has 2 rings (SSSR count). The third-order valence-corrected chi connectivity index (χ3v) is 1.96. The van der Waals surface area contributed by atoms with E-state index in [2.05, 4.69) is 15.3 Å². The fourth-order valence-corrected chi connectivity index (χ4v) is 1.36. The first kappa shape index (κ1) is 9.64. The lowest BCUT2D eigenvalue weighted by Gasteiger charge is -2.02. The Morgan fingerprint density at radius 3 is 2.87 bits per heavy atom. The maximum absolute atomic E-state index is 5.82. The summed E-state index contributed by atoms with van der Waals surface area (Å²) < 4.78 is 1.55. The smallest absolute Gasteiger partial charge is 0.218 e. The van der Waals surface area contributed by atoms with Crippen LogP contribution in [0.5, 0.6) is 0 Å². The number of nitrogens with zero attached hydrogens (tertiary/aromatic N) is 4. The molecule has 5 nitrogen and oxygen atoms in total. The number of hydrogen-bond acceptors (Lipinski definition) is 3. The van der Waals surface area contributed by atoms with Crippen molar-refractivity contribution in [3.8, 4) is 0 Å². The highest BCUT2D eigenvalue weighted by Gasteiger charge is 2.06. The molecule has 2 aromatic rings. The van der Waals surface area contributed by atoms with Crippen molar-refractivity contribution in [2.45, 2.75) is 19.9 Å². The first-order valence-electron chi connectivity index (χ1n) is 4.82. The van der Waals surface area contributed by atoms with Gasteiger partial charge in [0.2, 0.25) is 5.96 Å². The number of benzene rings is 1. The number of hydrogen-bond donors (Lipinski definition) is 1. The van der Waals surface area contributed by atoms with Crippen LogP contribution in [0.4, 0.5) is 0 Å². The number of rotatable bonds is 1. The van der Waals surface area contributed by atoms with Crippen LogP contribution in [0.3, 0.4) is 0 Å². The summed E-state index contributed by atoms with van der Waals surface area (Å²) >= 11 is 0. The molecule has 0 aliphatic carbocycles. The Kier molecular flexibility index (Phi) is 2.37. The van der Waals surface area contributed by atoms with E-state index in [-0.39, 0.29) is 6.04 Å². The van der Waals surface area contributed by atoms with Gasteiger partial charge in [-0.15, -0.1) is 5.10 Å². The molecule has 0 fully saturated rings. The molecule has 0 aliphatic heterocycles. The van der Waals surface area contributed by atoms with Crippen molar-refractivity contribution in [3.05, 3.63) is 24.3 Å². The molecule has 5 heteroatoms. The molecule has 0 saturated carbocycles. The standard InChI is InChI=1S/C10H13N5/c1-7(2)12-10(11)15-9-6-4-3-5-8(9)13-14-15/h3-7H,1-2H3,(H2,11,12). The highest BCUT2D eigenvalue weighted by Crippen LogP contribution is 2.08. The normalized spacial score (nSPS) is 12.6. The molecule has 0 saturated heterocycles. The van der Waals surface area contributed by atoms with Crippen LogP contribution >= 0.6 is 0 Å². The summed E-state index contributed by atoms with van der Waals surface area (Å²) in [5.41, 5.74) is 7.51. The fraction of sp³-hybridized carbons (Fsp3) is 0.300. The van der Waals surface area contributed by atoms with Crippen molar-refractivity contribution >= 4 is 17.0 Å². The van der Waals surface area contributed by atoms with Crippen LogP contribution in [0.15, 0.2) is 29.3 Å². The average molecular weight is 203 g/mol. The first-order chi connectivity index (χ1) is 7.18. The van der Waals surface area contributed by atoms with Crippen molar-refractivity contribution in [2.24, 2.45) is 10.7 Å². The second-order valence-electron chi connectivity index (χ2n) is 3.57. The number of nitrogens with two attached hydrogens (primary N) is 1. The molecule has 0 bridgehead atoms. The van der Waals surface area contributed by atoms with Gasteiger partial charge in [-0.3, -0.25) is 0 Å². The van der Waals surface area contributed by atoms with Crippen LogP contribution in [0.2, 0.25) is 0 Å². The van der Waals surface area contributed by atoms with Gasteiger partial charge in [-0.05, 0) is 26.0 Å². The Bertz CT molecular complexity index is 497. The van der Waals surface area contributed by atoms with E-state index in [9.17, 15) is 0 Å². The lowest BCUT2D eigenvalue weighted by molar-refractivity contribution is 0.792. The molecule has 0 unspecified atom stereocenters. The zero-order valence-electron chi connectivity index (χ0n) is 8.75. The van der Waals surface area contributed by atoms with E-state index in [1.165, 1.54) is 0 Å². The van der Waals surface area contributed by atoms with E-state index >= 15 is 0 Å². The second-order valence-corrected chi connectivity index (χ2v) is 3.57. The molecule has 1 aromatic heterocycles. The Balaban J connectivity index is 2.53. The summed E-state index contributed by atoms with van der Waals surface area (Å²) in [7, 11) is 0. The Morgan fingerprint density at radius 2 is 2.13 bits per heavy atom. The van der Waals surface area contributed by atoms with Crippen molar-refractivity contribution in [3.63, 3.8) is 0 Å². The molecule has 0 radical (unpaired) electrons. The van der Waals surface area contributed by atoms with Crippen molar-refractivity contribution in [1.29, 1.82) is 0 Å². The van der Waals surface area contributed by atoms with Crippen LogP contribution in [0, 0.1) is 0 Å². The summed E-state index contributed by atoms with van der Waals surface area (Å²) in [5.74, 6) is 0.374. The van der Waals surface area contributed by atoms with Gasteiger partial charge < -0.3 is 5.73 Å². The van der Waals surface area contributed by atoms with E-state index in [0.29, 0.717) is 5.96 Å². The molecule has 1 aromatic carbocycles. The molecular weight excluding hydrogens is 190 g/mol. The van der Waals surface area contributed by atoms with Gasteiger partial charge >= 0.3 is 0 Å². The van der Waals surface area contributed by atoms with Crippen LogP contribution < -0.4 is 5.73 Å². The number of fused-ring (bicyclic) bond motifs is 1. The summed E-state index contributed by atoms with van der Waals surface area (Å²) in [5, 5.41) is 7.96. The van der Waals surface area contributed by atoms with Crippen LogP contribution in [-0.2, 0) is 0 Å². The molecule has 15 heavy (non-hydrogen) atoms. The van der Waals surface area contributed by atoms with Crippen molar-refractivity contribution < 1.29 is 0 Å². The minimum absolute atomic E-state index is 0.146. The van der Waals surface area contributed by atoms with E-state index in [1.54, 1.807) is 4.68 Å². The van der Waals surface area contributed by atoms with Crippen LogP contribution in [0.25, 0.3) is 11.0 Å². The molecule has 0 aliphatic rings. The quantitative estimate of drug-likeness (QED) is 0.555. The van der Waals surface area contributed by atoms with Gasteiger partial charge in [-0.1, -0.05) is 17.3 Å². The summed E-state index contributed by atoms with van der Waals surface area (Å²) in [4.78, 5) is 4.22. The van der Waals surface area contributed by atoms with Gasteiger partial charge in [0, 0.05) is 6.04 Å². The molecule has 1 heterocycles. The Morgan fingerprint density at radius 1 is 1.40 bits per heavy atom. The fourth-order valence-electron chi connectivity index (χ4n) is 1.36. The molecule has 78 valence electrons. The van der Waals surface area contributed by atoms with Gasteiger partial charge in [0.25, 0.3) is 0 Å². The molecular formula is C10H13N5. The predicted molar refractivity (Wildman–Crippen MR) is 59.7 cm³/mol. The highest BCUT2D eigenvalue weighted by molar-refractivity contribution is 5.89. The average Bonchev–Trinajstić information content (AvgIpc) is 2.59. The monoisotopic (exact) mass is 203 g/mol.